The van der Waals surface area contributed by atoms with Crippen LogP contribution in [0.3, 0.4) is 0 Å². The molecule has 19 heavy (non-hydrogen) atoms. The van der Waals surface area contributed by atoms with Gasteiger partial charge in [-0.15, -0.1) is 0 Å². The van der Waals surface area contributed by atoms with Gasteiger partial charge in [-0.3, -0.25) is 0 Å². The highest BCUT2D eigenvalue weighted by molar-refractivity contribution is 7.97. The van der Waals surface area contributed by atoms with Crippen LogP contribution in [0.1, 0.15) is 16.7 Å². The molecule has 0 aromatic heterocycles. The van der Waals surface area contributed by atoms with E-state index >= 15 is 0 Å². The number of rotatable bonds is 5. The van der Waals surface area contributed by atoms with Gasteiger partial charge in [0.1, 0.15) is 4.99 Å². The van der Waals surface area contributed by atoms with Gasteiger partial charge < -0.3 is 5.73 Å². The third kappa shape index (κ3) is 4.23. The van der Waals surface area contributed by atoms with Gasteiger partial charge in [-0.2, -0.15) is 11.8 Å². The fourth-order valence-corrected chi connectivity index (χ4v) is 3.19. The molecule has 0 radical (unpaired) electrons. The summed E-state index contributed by atoms with van der Waals surface area (Å²) in [5.74, 6) is 1.81. The van der Waals surface area contributed by atoms with Gasteiger partial charge >= 0.3 is 0 Å². The third-order valence-electron chi connectivity index (χ3n) is 2.70. The molecule has 2 N–H and O–H groups in total. The molecule has 0 aliphatic carbocycles. The zero-order valence-corrected chi connectivity index (χ0v) is 12.7. The molecule has 1 nitrogen and oxygen atoms in total. The zero-order chi connectivity index (χ0) is 13.7. The van der Waals surface area contributed by atoms with Gasteiger partial charge in [-0.1, -0.05) is 60.2 Å². The number of hydrogen-bond donors (Lipinski definition) is 1. The SMILES string of the molecule is NC(=S)c1ccccc1CSCc1cccc(Cl)c1. The molecule has 98 valence electrons. The summed E-state index contributed by atoms with van der Waals surface area (Å²) in [6, 6.07) is 15.9. The van der Waals surface area contributed by atoms with E-state index in [1.54, 1.807) is 0 Å². The van der Waals surface area contributed by atoms with E-state index < -0.39 is 0 Å². The average Bonchev–Trinajstić information content (AvgIpc) is 2.39. The predicted molar refractivity (Wildman–Crippen MR) is 88.8 cm³/mol. The molecule has 2 aromatic rings. The van der Waals surface area contributed by atoms with Crippen LogP contribution in [0.15, 0.2) is 48.5 Å². The van der Waals surface area contributed by atoms with Crippen LogP contribution in [0, 0.1) is 0 Å². The molecule has 0 spiro atoms. The Balaban J connectivity index is 1.98. The number of hydrogen-bond acceptors (Lipinski definition) is 2. The molecule has 0 bridgehead atoms. The van der Waals surface area contributed by atoms with Crippen LogP contribution < -0.4 is 5.73 Å². The quantitative estimate of drug-likeness (QED) is 0.829. The number of halogens is 1. The van der Waals surface area contributed by atoms with Gasteiger partial charge in [0.2, 0.25) is 0 Å². The normalized spacial score (nSPS) is 10.4. The van der Waals surface area contributed by atoms with Crippen LogP contribution in [0.25, 0.3) is 0 Å². The van der Waals surface area contributed by atoms with E-state index in [1.165, 1.54) is 11.1 Å². The van der Waals surface area contributed by atoms with Gasteiger partial charge in [-0.25, -0.2) is 0 Å². The molecule has 4 heteroatoms. The third-order valence-corrected chi connectivity index (χ3v) is 4.21. The summed E-state index contributed by atoms with van der Waals surface area (Å²) in [5, 5.41) is 0.779. The number of nitrogens with two attached hydrogens (primary N) is 1. The van der Waals surface area contributed by atoms with Crippen molar-refractivity contribution in [3.8, 4) is 0 Å². The second-order valence-corrected chi connectivity index (χ2v) is 6.01. The minimum absolute atomic E-state index is 0.457. The van der Waals surface area contributed by atoms with E-state index in [-0.39, 0.29) is 0 Å². The molecular weight excluding hydrogens is 294 g/mol. The van der Waals surface area contributed by atoms with Crippen molar-refractivity contribution in [2.45, 2.75) is 11.5 Å². The predicted octanol–water partition coefficient (Wildman–Crippen LogP) is 4.41. The molecule has 0 amide bonds. The van der Waals surface area contributed by atoms with Crippen molar-refractivity contribution in [3.05, 3.63) is 70.2 Å². The molecule has 2 rings (SSSR count). The maximum absolute atomic E-state index is 5.96. The van der Waals surface area contributed by atoms with E-state index in [0.29, 0.717) is 4.99 Å². The molecule has 0 aliphatic rings. The van der Waals surface area contributed by atoms with Crippen LogP contribution in [-0.2, 0) is 11.5 Å². The Morgan fingerprint density at radius 1 is 1.11 bits per heavy atom. The van der Waals surface area contributed by atoms with Gasteiger partial charge in [0.15, 0.2) is 0 Å². The molecule has 0 aliphatic heterocycles. The Hall–Kier alpha value is -1.03. The van der Waals surface area contributed by atoms with Crippen LogP contribution in [-0.4, -0.2) is 4.99 Å². The van der Waals surface area contributed by atoms with E-state index in [9.17, 15) is 0 Å². The summed E-state index contributed by atoms with van der Waals surface area (Å²) in [4.78, 5) is 0.457. The first-order valence-electron chi connectivity index (χ1n) is 5.86. The van der Waals surface area contributed by atoms with Crippen LogP contribution >= 0.6 is 35.6 Å². The first-order valence-corrected chi connectivity index (χ1v) is 7.81. The zero-order valence-electron chi connectivity index (χ0n) is 10.3. The summed E-state index contributed by atoms with van der Waals surface area (Å²) in [6.45, 7) is 0. The second kappa shape index (κ2) is 6.94. The standard InChI is InChI=1S/C15H14ClNS2/c16-13-6-3-4-11(8-13)9-19-10-12-5-1-2-7-14(12)15(17)18/h1-8H,9-10H2,(H2,17,18). The van der Waals surface area contributed by atoms with E-state index in [4.69, 9.17) is 29.6 Å². The van der Waals surface area contributed by atoms with E-state index in [1.807, 2.05) is 48.2 Å². The van der Waals surface area contributed by atoms with Crippen LogP contribution in [0.5, 0.6) is 0 Å². The monoisotopic (exact) mass is 307 g/mol. The minimum atomic E-state index is 0.457. The smallest absolute Gasteiger partial charge is 0.104 e. The van der Waals surface area contributed by atoms with E-state index in [2.05, 4.69) is 12.1 Å². The lowest BCUT2D eigenvalue weighted by molar-refractivity contribution is 1.35. The molecule has 0 heterocycles. The maximum Gasteiger partial charge on any atom is 0.104 e. The van der Waals surface area contributed by atoms with Crippen molar-refractivity contribution in [3.63, 3.8) is 0 Å². The lowest BCUT2D eigenvalue weighted by Crippen LogP contribution is -2.11. The Morgan fingerprint density at radius 3 is 2.63 bits per heavy atom. The summed E-state index contributed by atoms with van der Waals surface area (Å²) < 4.78 is 0. The number of benzene rings is 2. The van der Waals surface area contributed by atoms with Crippen molar-refractivity contribution in [1.29, 1.82) is 0 Å². The molecule has 0 saturated carbocycles. The molecule has 0 unspecified atom stereocenters. The fourth-order valence-electron chi connectivity index (χ4n) is 1.79. The lowest BCUT2D eigenvalue weighted by atomic mass is 10.1. The molecule has 0 saturated heterocycles. The summed E-state index contributed by atoms with van der Waals surface area (Å²) in [6.07, 6.45) is 0. The Bertz CT molecular complexity index is 584. The Kier molecular flexibility index (Phi) is 5.25. The van der Waals surface area contributed by atoms with Gasteiger partial charge in [0, 0.05) is 22.1 Å². The average molecular weight is 308 g/mol. The van der Waals surface area contributed by atoms with E-state index in [0.717, 1.165) is 22.1 Å². The molecular formula is C15H14ClNS2. The maximum atomic E-state index is 5.96. The van der Waals surface area contributed by atoms with Crippen LogP contribution in [0.4, 0.5) is 0 Å². The van der Waals surface area contributed by atoms with Crippen molar-refractivity contribution >= 4 is 40.6 Å². The fraction of sp³-hybridized carbons (Fsp3) is 0.133. The van der Waals surface area contributed by atoms with Crippen molar-refractivity contribution < 1.29 is 0 Å². The van der Waals surface area contributed by atoms with Gasteiger partial charge in [0.25, 0.3) is 0 Å². The lowest BCUT2D eigenvalue weighted by Gasteiger charge is -2.08. The first kappa shape index (κ1) is 14.4. The van der Waals surface area contributed by atoms with Gasteiger partial charge in [0.05, 0.1) is 0 Å². The summed E-state index contributed by atoms with van der Waals surface area (Å²) in [5.41, 5.74) is 9.10. The summed E-state index contributed by atoms with van der Waals surface area (Å²) >= 11 is 12.9. The largest absolute Gasteiger partial charge is 0.389 e. The number of thioether (sulfide) groups is 1. The summed E-state index contributed by atoms with van der Waals surface area (Å²) in [7, 11) is 0. The highest BCUT2D eigenvalue weighted by atomic mass is 35.5. The Morgan fingerprint density at radius 2 is 1.89 bits per heavy atom. The van der Waals surface area contributed by atoms with Crippen molar-refractivity contribution in [2.75, 3.05) is 0 Å². The molecule has 0 fully saturated rings. The highest BCUT2D eigenvalue weighted by Crippen LogP contribution is 2.22. The van der Waals surface area contributed by atoms with Crippen molar-refractivity contribution in [2.24, 2.45) is 5.73 Å². The topological polar surface area (TPSA) is 26.0 Å². The minimum Gasteiger partial charge on any atom is -0.389 e. The molecule has 2 aromatic carbocycles. The second-order valence-electron chi connectivity index (χ2n) is 4.14. The van der Waals surface area contributed by atoms with Gasteiger partial charge in [-0.05, 0) is 23.3 Å². The van der Waals surface area contributed by atoms with Crippen LogP contribution in [0.2, 0.25) is 5.02 Å². The highest BCUT2D eigenvalue weighted by Gasteiger charge is 2.04. The number of thiocarbonyl (C=S) groups is 1. The first-order chi connectivity index (χ1) is 9.16. The Labute approximate surface area is 128 Å². The molecule has 0 atom stereocenters. The van der Waals surface area contributed by atoms with Crippen molar-refractivity contribution in [1.82, 2.24) is 0 Å².